The summed E-state index contributed by atoms with van der Waals surface area (Å²) in [7, 11) is 0. The Morgan fingerprint density at radius 3 is 1.66 bits per heavy atom. The van der Waals surface area contributed by atoms with Gasteiger partial charge < -0.3 is 9.84 Å². The van der Waals surface area contributed by atoms with Gasteiger partial charge in [0.15, 0.2) is 12.4 Å². The first-order chi connectivity index (χ1) is 14.1. The molecule has 0 aliphatic carbocycles. The second-order valence-corrected chi connectivity index (χ2v) is 5.86. The highest BCUT2D eigenvalue weighted by atomic mass is 16.6. The molecular weight excluding hydrogens is 374 g/mol. The number of ether oxygens (including phenoxy) is 1. The standard InChI is InChI=1S/C13H12O.C9H7NO5/c14-13(11-7-3-1-4-8-11)12-9-5-2-6-10-12;11-5-9(15-6-12)7-1-3-8(4-2-7)10(13)14/h1-10,13-14H;1-6,9H. The maximum absolute atomic E-state index is 10.5. The summed E-state index contributed by atoms with van der Waals surface area (Å²) in [6.07, 6.45) is -1.09. The summed E-state index contributed by atoms with van der Waals surface area (Å²) in [6.45, 7) is 0.153. The van der Waals surface area contributed by atoms with E-state index in [1.165, 1.54) is 24.3 Å². The second kappa shape index (κ2) is 11.1. The maximum atomic E-state index is 10.5. The first kappa shape index (κ1) is 21.5. The number of nitro groups is 1. The van der Waals surface area contributed by atoms with E-state index in [0.29, 0.717) is 11.8 Å². The van der Waals surface area contributed by atoms with Crippen LogP contribution in [0.25, 0.3) is 0 Å². The van der Waals surface area contributed by atoms with Gasteiger partial charge in [0.25, 0.3) is 12.2 Å². The average molecular weight is 393 g/mol. The van der Waals surface area contributed by atoms with Crippen LogP contribution in [0.3, 0.4) is 0 Å². The fourth-order valence-electron chi connectivity index (χ4n) is 2.50. The second-order valence-electron chi connectivity index (χ2n) is 5.86. The molecule has 0 aromatic heterocycles. The van der Waals surface area contributed by atoms with Gasteiger partial charge >= 0.3 is 0 Å². The van der Waals surface area contributed by atoms with Crippen molar-refractivity contribution in [3.05, 3.63) is 112 Å². The molecule has 7 heteroatoms. The van der Waals surface area contributed by atoms with Crippen molar-refractivity contribution in [2.75, 3.05) is 0 Å². The smallest absolute Gasteiger partial charge is 0.294 e. The van der Waals surface area contributed by atoms with E-state index in [0.717, 1.165) is 11.1 Å². The van der Waals surface area contributed by atoms with Crippen LogP contribution in [0.1, 0.15) is 28.9 Å². The lowest BCUT2D eigenvalue weighted by molar-refractivity contribution is -0.384. The number of hydrogen-bond acceptors (Lipinski definition) is 6. The zero-order chi connectivity index (χ0) is 21.1. The van der Waals surface area contributed by atoms with Gasteiger partial charge in [-0.15, -0.1) is 0 Å². The van der Waals surface area contributed by atoms with Crippen LogP contribution in [-0.2, 0) is 14.3 Å². The molecule has 0 amide bonds. The summed E-state index contributed by atoms with van der Waals surface area (Å²) in [5.41, 5.74) is 2.16. The lowest BCUT2D eigenvalue weighted by Crippen LogP contribution is -2.04. The van der Waals surface area contributed by atoms with Crippen molar-refractivity contribution >= 4 is 18.4 Å². The van der Waals surface area contributed by atoms with Crippen LogP contribution in [0.15, 0.2) is 84.9 Å². The molecule has 0 radical (unpaired) electrons. The predicted molar refractivity (Wildman–Crippen MR) is 106 cm³/mol. The largest absolute Gasteiger partial charge is 0.452 e. The molecule has 3 aromatic rings. The van der Waals surface area contributed by atoms with E-state index in [2.05, 4.69) is 4.74 Å². The van der Waals surface area contributed by atoms with Crippen molar-refractivity contribution < 1.29 is 24.4 Å². The minimum Gasteiger partial charge on any atom is -0.452 e. The number of carbonyl (C=O) groups is 2. The Bertz CT molecular complexity index is 874. The monoisotopic (exact) mass is 393 g/mol. The van der Waals surface area contributed by atoms with Crippen LogP contribution in [-0.4, -0.2) is 22.8 Å². The molecule has 148 valence electrons. The Hall–Kier alpha value is -3.84. The van der Waals surface area contributed by atoms with Crippen molar-refractivity contribution in [3.63, 3.8) is 0 Å². The normalized spacial score (nSPS) is 11.0. The fourth-order valence-corrected chi connectivity index (χ4v) is 2.50. The number of nitrogens with zero attached hydrogens (tertiary/aromatic N) is 1. The van der Waals surface area contributed by atoms with Gasteiger partial charge in [-0.25, -0.2) is 0 Å². The van der Waals surface area contributed by atoms with Gasteiger partial charge in [0, 0.05) is 17.7 Å². The van der Waals surface area contributed by atoms with Gasteiger partial charge in [-0.3, -0.25) is 19.7 Å². The molecule has 3 rings (SSSR count). The molecule has 7 nitrogen and oxygen atoms in total. The van der Waals surface area contributed by atoms with Gasteiger partial charge in [0.2, 0.25) is 0 Å². The summed E-state index contributed by atoms with van der Waals surface area (Å²) < 4.78 is 4.46. The van der Waals surface area contributed by atoms with Crippen molar-refractivity contribution in [3.8, 4) is 0 Å². The number of carbonyl (C=O) groups excluding carboxylic acids is 2. The summed E-state index contributed by atoms with van der Waals surface area (Å²) >= 11 is 0. The maximum Gasteiger partial charge on any atom is 0.294 e. The topological polar surface area (TPSA) is 107 Å². The molecule has 0 saturated carbocycles. The van der Waals surface area contributed by atoms with Crippen molar-refractivity contribution in [1.82, 2.24) is 0 Å². The molecule has 1 N–H and O–H groups in total. The number of aliphatic hydroxyl groups is 1. The average Bonchev–Trinajstić information content (AvgIpc) is 2.78. The molecule has 0 spiro atoms. The fraction of sp³-hybridized carbons (Fsp3) is 0.0909. The molecule has 0 saturated heterocycles. The summed E-state index contributed by atoms with van der Waals surface area (Å²) in [5, 5.41) is 20.3. The van der Waals surface area contributed by atoms with E-state index in [1.54, 1.807) is 0 Å². The molecule has 3 aromatic carbocycles. The molecular formula is C22H19NO6. The highest BCUT2D eigenvalue weighted by molar-refractivity contribution is 5.62. The third-order valence-electron chi connectivity index (χ3n) is 3.99. The molecule has 1 atom stereocenters. The first-order valence-corrected chi connectivity index (χ1v) is 8.63. The van der Waals surface area contributed by atoms with E-state index in [9.17, 15) is 24.8 Å². The quantitative estimate of drug-likeness (QED) is 0.372. The van der Waals surface area contributed by atoms with Crippen LogP contribution in [0, 0.1) is 10.1 Å². The van der Waals surface area contributed by atoms with Gasteiger partial charge in [0.05, 0.1) is 4.92 Å². The zero-order valence-corrected chi connectivity index (χ0v) is 15.3. The predicted octanol–water partition coefficient (Wildman–Crippen LogP) is 3.78. The number of rotatable bonds is 7. The Kier molecular flexibility index (Phi) is 8.22. The van der Waals surface area contributed by atoms with Crippen molar-refractivity contribution in [1.29, 1.82) is 0 Å². The molecule has 0 aliphatic heterocycles. The Labute approximate surface area is 167 Å². The molecule has 1 unspecified atom stereocenters. The summed E-state index contributed by atoms with van der Waals surface area (Å²) in [4.78, 5) is 30.3. The Morgan fingerprint density at radius 2 is 1.28 bits per heavy atom. The third-order valence-corrected chi connectivity index (χ3v) is 3.99. The van der Waals surface area contributed by atoms with E-state index in [1.807, 2.05) is 60.7 Å². The van der Waals surface area contributed by atoms with Gasteiger partial charge in [-0.1, -0.05) is 60.7 Å². The van der Waals surface area contributed by atoms with Crippen molar-refractivity contribution in [2.24, 2.45) is 0 Å². The highest BCUT2D eigenvalue weighted by Gasteiger charge is 2.12. The van der Waals surface area contributed by atoms with Crippen LogP contribution in [0.2, 0.25) is 0 Å². The first-order valence-electron chi connectivity index (χ1n) is 8.63. The van der Waals surface area contributed by atoms with Crippen LogP contribution >= 0.6 is 0 Å². The third kappa shape index (κ3) is 6.37. The van der Waals surface area contributed by atoms with Crippen molar-refractivity contribution in [2.45, 2.75) is 12.2 Å². The van der Waals surface area contributed by atoms with Gasteiger partial charge in [-0.2, -0.15) is 0 Å². The number of non-ortho nitro benzene ring substituents is 1. The molecule has 0 aliphatic rings. The number of hydrogen-bond donors (Lipinski definition) is 1. The van der Waals surface area contributed by atoms with Crippen LogP contribution in [0.5, 0.6) is 0 Å². The minimum atomic E-state index is -1.01. The summed E-state index contributed by atoms with van der Waals surface area (Å²) in [5.74, 6) is 0. The van der Waals surface area contributed by atoms with Gasteiger partial charge in [-0.05, 0) is 23.3 Å². The lowest BCUT2D eigenvalue weighted by Gasteiger charge is -2.10. The van der Waals surface area contributed by atoms with E-state index in [4.69, 9.17) is 0 Å². The van der Waals surface area contributed by atoms with E-state index in [-0.39, 0.29) is 12.2 Å². The van der Waals surface area contributed by atoms with Crippen LogP contribution < -0.4 is 0 Å². The Morgan fingerprint density at radius 1 is 0.793 bits per heavy atom. The lowest BCUT2D eigenvalue weighted by atomic mass is 10.0. The van der Waals surface area contributed by atoms with E-state index < -0.39 is 17.1 Å². The number of benzene rings is 3. The Balaban J connectivity index is 0.000000207. The minimum absolute atomic E-state index is 0.0884. The number of aliphatic hydroxyl groups excluding tert-OH is 1. The van der Waals surface area contributed by atoms with Gasteiger partial charge in [0.1, 0.15) is 6.10 Å². The van der Waals surface area contributed by atoms with E-state index >= 15 is 0 Å². The zero-order valence-electron chi connectivity index (χ0n) is 15.3. The summed E-state index contributed by atoms with van der Waals surface area (Å²) in [6, 6.07) is 24.5. The molecule has 0 fully saturated rings. The molecule has 0 heterocycles. The SMILES string of the molecule is O=COC(C=O)c1ccc([N+](=O)[O-])cc1.OC(c1ccccc1)c1ccccc1. The molecule has 29 heavy (non-hydrogen) atoms. The number of aldehydes is 1. The molecule has 0 bridgehead atoms. The van der Waals surface area contributed by atoms with Crippen LogP contribution in [0.4, 0.5) is 5.69 Å². The highest BCUT2D eigenvalue weighted by Crippen LogP contribution is 2.20. The number of nitro benzene ring substituents is 1.